The van der Waals surface area contributed by atoms with Gasteiger partial charge in [0, 0.05) is 5.69 Å². The van der Waals surface area contributed by atoms with Gasteiger partial charge in [-0.25, -0.2) is 4.79 Å². The summed E-state index contributed by atoms with van der Waals surface area (Å²) in [4.78, 5) is 24.6. The maximum Gasteiger partial charge on any atom is 0.347 e. The van der Waals surface area contributed by atoms with Crippen LogP contribution in [0.4, 0.5) is 5.69 Å². The van der Waals surface area contributed by atoms with Crippen LogP contribution in [0.25, 0.3) is 0 Å². The Bertz CT molecular complexity index is 780. The molecular weight excluding hydrogens is 330 g/mol. The fraction of sp³-hybridized carbons (Fsp3) is 0.333. The number of carbonyl (C=O) groups is 2. The van der Waals surface area contributed by atoms with Crippen molar-refractivity contribution >= 4 is 17.6 Å². The number of benzene rings is 2. The second kappa shape index (κ2) is 8.52. The van der Waals surface area contributed by atoms with Crippen molar-refractivity contribution in [3.8, 4) is 5.75 Å². The Balaban J connectivity index is 1.94. The molecule has 2 rings (SSSR count). The van der Waals surface area contributed by atoms with Crippen molar-refractivity contribution in [1.82, 2.24) is 0 Å². The van der Waals surface area contributed by atoms with Crippen LogP contribution in [-0.2, 0) is 14.3 Å². The lowest BCUT2D eigenvalue weighted by Gasteiger charge is -2.19. The molecule has 26 heavy (non-hydrogen) atoms. The highest BCUT2D eigenvalue weighted by atomic mass is 16.6. The van der Waals surface area contributed by atoms with E-state index in [1.165, 1.54) is 0 Å². The standard InChI is InChI=1S/C21H25NO4/c1-13-8-6-11-18(12-13)25-17(5)21(24)26-16(4)20(23)22-19-14(2)9-7-10-15(19)3/h6-12,16-17H,1-5H3,(H,22,23)/t16-,17-/m1/s1. The molecular formula is C21H25NO4. The molecule has 0 saturated carbocycles. The Kier molecular flexibility index (Phi) is 6.39. The van der Waals surface area contributed by atoms with Crippen molar-refractivity contribution in [2.75, 3.05) is 5.32 Å². The molecule has 1 amide bonds. The number of amides is 1. The molecule has 0 saturated heterocycles. The molecule has 0 aliphatic heterocycles. The van der Waals surface area contributed by atoms with Gasteiger partial charge in [-0.3, -0.25) is 4.79 Å². The first-order valence-electron chi connectivity index (χ1n) is 8.59. The zero-order valence-corrected chi connectivity index (χ0v) is 15.8. The molecule has 0 radical (unpaired) electrons. The number of rotatable bonds is 6. The van der Waals surface area contributed by atoms with Crippen molar-refractivity contribution in [3.05, 3.63) is 59.2 Å². The second-order valence-electron chi connectivity index (χ2n) is 6.41. The second-order valence-corrected chi connectivity index (χ2v) is 6.41. The van der Waals surface area contributed by atoms with E-state index in [-0.39, 0.29) is 5.91 Å². The Morgan fingerprint density at radius 3 is 2.15 bits per heavy atom. The predicted molar refractivity (Wildman–Crippen MR) is 101 cm³/mol. The maximum atomic E-state index is 12.3. The van der Waals surface area contributed by atoms with Gasteiger partial charge in [0.1, 0.15) is 5.75 Å². The van der Waals surface area contributed by atoms with E-state index < -0.39 is 18.2 Å². The van der Waals surface area contributed by atoms with Gasteiger partial charge in [0.15, 0.2) is 12.2 Å². The molecule has 0 bridgehead atoms. The van der Waals surface area contributed by atoms with E-state index in [2.05, 4.69) is 5.32 Å². The number of esters is 1. The molecule has 1 N–H and O–H groups in total. The minimum absolute atomic E-state index is 0.376. The van der Waals surface area contributed by atoms with Crippen LogP contribution < -0.4 is 10.1 Å². The van der Waals surface area contributed by atoms with Crippen LogP contribution in [0.2, 0.25) is 0 Å². The molecule has 138 valence electrons. The molecule has 2 aromatic rings. The van der Waals surface area contributed by atoms with Crippen molar-refractivity contribution in [2.45, 2.75) is 46.8 Å². The average molecular weight is 355 g/mol. The van der Waals surface area contributed by atoms with Gasteiger partial charge in [0.05, 0.1) is 0 Å². The van der Waals surface area contributed by atoms with Crippen LogP contribution in [0.1, 0.15) is 30.5 Å². The van der Waals surface area contributed by atoms with Gasteiger partial charge in [0.2, 0.25) is 0 Å². The summed E-state index contributed by atoms with van der Waals surface area (Å²) in [7, 11) is 0. The molecule has 0 unspecified atom stereocenters. The van der Waals surface area contributed by atoms with Gasteiger partial charge in [-0.05, 0) is 63.4 Å². The Labute approximate surface area is 154 Å². The molecule has 2 atom stereocenters. The lowest BCUT2D eigenvalue weighted by atomic mass is 10.1. The van der Waals surface area contributed by atoms with Crippen LogP contribution in [0.15, 0.2) is 42.5 Å². The Morgan fingerprint density at radius 2 is 1.54 bits per heavy atom. The van der Waals surface area contributed by atoms with E-state index in [1.54, 1.807) is 19.9 Å². The highest BCUT2D eigenvalue weighted by Crippen LogP contribution is 2.20. The zero-order valence-electron chi connectivity index (χ0n) is 15.8. The molecule has 0 fully saturated rings. The highest BCUT2D eigenvalue weighted by molar-refractivity contribution is 5.96. The summed E-state index contributed by atoms with van der Waals surface area (Å²) in [6, 6.07) is 13.1. The minimum atomic E-state index is -0.926. The summed E-state index contributed by atoms with van der Waals surface area (Å²) in [5.74, 6) is -0.378. The topological polar surface area (TPSA) is 64.6 Å². The van der Waals surface area contributed by atoms with Crippen molar-refractivity contribution < 1.29 is 19.1 Å². The first kappa shape index (κ1) is 19.5. The summed E-state index contributed by atoms with van der Waals surface area (Å²) in [6.07, 6.45) is -1.74. The van der Waals surface area contributed by atoms with Gasteiger partial charge in [-0.15, -0.1) is 0 Å². The van der Waals surface area contributed by atoms with Crippen molar-refractivity contribution in [1.29, 1.82) is 0 Å². The Morgan fingerprint density at radius 1 is 0.923 bits per heavy atom. The van der Waals surface area contributed by atoms with Gasteiger partial charge in [-0.1, -0.05) is 30.3 Å². The molecule has 5 nitrogen and oxygen atoms in total. The first-order valence-corrected chi connectivity index (χ1v) is 8.59. The highest BCUT2D eigenvalue weighted by Gasteiger charge is 2.24. The van der Waals surface area contributed by atoms with Crippen LogP contribution in [0.5, 0.6) is 5.75 Å². The van der Waals surface area contributed by atoms with Crippen LogP contribution in [0.3, 0.4) is 0 Å². The fourth-order valence-electron chi connectivity index (χ4n) is 2.50. The molecule has 0 aromatic heterocycles. The normalized spacial score (nSPS) is 12.8. The van der Waals surface area contributed by atoms with E-state index in [9.17, 15) is 9.59 Å². The van der Waals surface area contributed by atoms with Gasteiger partial charge in [-0.2, -0.15) is 0 Å². The number of nitrogens with one attached hydrogen (secondary N) is 1. The summed E-state index contributed by atoms with van der Waals surface area (Å²) < 4.78 is 10.8. The summed E-state index contributed by atoms with van der Waals surface area (Å²) in [5.41, 5.74) is 3.68. The maximum absolute atomic E-state index is 12.3. The van der Waals surface area contributed by atoms with E-state index in [0.717, 1.165) is 22.4 Å². The smallest absolute Gasteiger partial charge is 0.347 e. The average Bonchev–Trinajstić information content (AvgIpc) is 2.58. The third-order valence-electron chi connectivity index (χ3n) is 4.03. The largest absolute Gasteiger partial charge is 0.479 e. The lowest BCUT2D eigenvalue weighted by molar-refractivity contribution is -0.159. The zero-order chi connectivity index (χ0) is 19.3. The molecule has 0 spiro atoms. The molecule has 5 heteroatoms. The number of anilines is 1. The number of carbonyl (C=O) groups excluding carboxylic acids is 2. The van der Waals surface area contributed by atoms with E-state index >= 15 is 0 Å². The van der Waals surface area contributed by atoms with Gasteiger partial charge >= 0.3 is 5.97 Å². The number of hydrogen-bond donors (Lipinski definition) is 1. The van der Waals surface area contributed by atoms with Crippen molar-refractivity contribution in [2.24, 2.45) is 0 Å². The quantitative estimate of drug-likeness (QED) is 0.797. The first-order chi connectivity index (χ1) is 12.3. The van der Waals surface area contributed by atoms with E-state index in [4.69, 9.17) is 9.47 Å². The summed E-state index contributed by atoms with van der Waals surface area (Å²) >= 11 is 0. The minimum Gasteiger partial charge on any atom is -0.479 e. The molecule has 0 aliphatic carbocycles. The number of hydrogen-bond acceptors (Lipinski definition) is 4. The van der Waals surface area contributed by atoms with Crippen LogP contribution >= 0.6 is 0 Å². The lowest BCUT2D eigenvalue weighted by Crippen LogP contribution is -2.35. The summed E-state index contributed by atoms with van der Waals surface area (Å²) in [6.45, 7) is 8.91. The van der Waals surface area contributed by atoms with Crippen molar-refractivity contribution in [3.63, 3.8) is 0 Å². The Hall–Kier alpha value is -2.82. The third kappa shape index (κ3) is 5.09. The number of ether oxygens (including phenoxy) is 2. The summed E-state index contributed by atoms with van der Waals surface area (Å²) in [5, 5.41) is 2.82. The monoisotopic (exact) mass is 355 g/mol. The fourth-order valence-corrected chi connectivity index (χ4v) is 2.50. The third-order valence-corrected chi connectivity index (χ3v) is 4.03. The number of aryl methyl sites for hydroxylation is 3. The molecule has 2 aromatic carbocycles. The molecule has 0 aliphatic rings. The van der Waals surface area contributed by atoms with E-state index in [1.807, 2.05) is 57.2 Å². The SMILES string of the molecule is Cc1cccc(O[C@H](C)C(=O)O[C@H](C)C(=O)Nc2c(C)cccc2C)c1. The van der Waals surface area contributed by atoms with Gasteiger partial charge in [0.25, 0.3) is 5.91 Å². The molecule has 0 heterocycles. The predicted octanol–water partition coefficient (Wildman–Crippen LogP) is 3.95. The number of para-hydroxylation sites is 1. The van der Waals surface area contributed by atoms with Crippen LogP contribution in [-0.4, -0.2) is 24.1 Å². The van der Waals surface area contributed by atoms with Crippen LogP contribution in [0, 0.1) is 20.8 Å². The van der Waals surface area contributed by atoms with Gasteiger partial charge < -0.3 is 14.8 Å². The van der Waals surface area contributed by atoms with E-state index in [0.29, 0.717) is 5.75 Å².